The fourth-order valence-corrected chi connectivity index (χ4v) is 2.45. The van der Waals surface area contributed by atoms with Crippen LogP contribution < -0.4 is 5.73 Å². The number of amides is 1. The van der Waals surface area contributed by atoms with Crippen molar-refractivity contribution in [1.82, 2.24) is 4.90 Å². The highest BCUT2D eigenvalue weighted by molar-refractivity contribution is 6.30. The molecule has 0 unspecified atom stereocenters. The van der Waals surface area contributed by atoms with Crippen LogP contribution in [0, 0.1) is 0 Å². The van der Waals surface area contributed by atoms with E-state index in [0.29, 0.717) is 17.1 Å². The summed E-state index contributed by atoms with van der Waals surface area (Å²) >= 11 is 5.98. The van der Waals surface area contributed by atoms with Gasteiger partial charge in [-0.15, -0.1) is 0 Å². The molecule has 2 rings (SSSR count). The summed E-state index contributed by atoms with van der Waals surface area (Å²) in [5, 5.41) is 0.574. The summed E-state index contributed by atoms with van der Waals surface area (Å²) in [6.45, 7) is 0.524. The van der Waals surface area contributed by atoms with E-state index in [1.807, 2.05) is 6.07 Å². The van der Waals surface area contributed by atoms with E-state index in [2.05, 4.69) is 4.74 Å². The number of rotatable bonds is 6. The first-order valence-electron chi connectivity index (χ1n) is 7.43. The Kier molecular flexibility index (Phi) is 6.35. The van der Waals surface area contributed by atoms with Crippen LogP contribution in [-0.2, 0) is 22.6 Å². The topological polar surface area (TPSA) is 72.6 Å². The Morgan fingerprint density at radius 3 is 2.42 bits per heavy atom. The summed E-state index contributed by atoms with van der Waals surface area (Å²) in [4.78, 5) is 25.8. The van der Waals surface area contributed by atoms with E-state index in [1.165, 1.54) is 12.0 Å². The number of methoxy groups -OCH3 is 1. The standard InChI is InChI=1S/C18H19ClN2O3/c1-24-17(22)12-21(11-14-3-2-4-16(19)9-14)18(23)15-7-5-13(10-20)6-8-15/h2-9H,10-12,20H2,1H3. The quantitative estimate of drug-likeness (QED) is 0.816. The van der Waals surface area contributed by atoms with Gasteiger partial charge in [0.15, 0.2) is 0 Å². The summed E-state index contributed by atoms with van der Waals surface area (Å²) in [6, 6.07) is 14.2. The van der Waals surface area contributed by atoms with Crippen molar-refractivity contribution in [2.75, 3.05) is 13.7 Å². The number of hydrogen-bond acceptors (Lipinski definition) is 4. The van der Waals surface area contributed by atoms with Crippen LogP contribution >= 0.6 is 11.6 Å². The van der Waals surface area contributed by atoms with Crippen LogP contribution in [0.5, 0.6) is 0 Å². The van der Waals surface area contributed by atoms with Crippen LogP contribution in [0.4, 0.5) is 0 Å². The van der Waals surface area contributed by atoms with Gasteiger partial charge in [0.05, 0.1) is 7.11 Å². The minimum atomic E-state index is -0.482. The molecule has 0 spiro atoms. The van der Waals surface area contributed by atoms with Gasteiger partial charge in [-0.25, -0.2) is 0 Å². The van der Waals surface area contributed by atoms with E-state index in [1.54, 1.807) is 42.5 Å². The average Bonchev–Trinajstić information content (AvgIpc) is 2.60. The van der Waals surface area contributed by atoms with Crippen LogP contribution in [0.15, 0.2) is 48.5 Å². The van der Waals surface area contributed by atoms with E-state index >= 15 is 0 Å². The summed E-state index contributed by atoms with van der Waals surface area (Å²) in [5.41, 5.74) is 7.81. The molecule has 0 heterocycles. The Bertz CT molecular complexity index is 716. The molecule has 0 fully saturated rings. The number of carbonyl (C=O) groups is 2. The molecular weight excluding hydrogens is 328 g/mol. The lowest BCUT2D eigenvalue weighted by Gasteiger charge is -2.22. The molecule has 2 N–H and O–H groups in total. The summed E-state index contributed by atoms with van der Waals surface area (Å²) < 4.78 is 4.69. The largest absolute Gasteiger partial charge is 0.468 e. The van der Waals surface area contributed by atoms with Crippen molar-refractivity contribution in [2.45, 2.75) is 13.1 Å². The van der Waals surface area contributed by atoms with Gasteiger partial charge < -0.3 is 15.4 Å². The Balaban J connectivity index is 2.23. The van der Waals surface area contributed by atoms with E-state index < -0.39 is 5.97 Å². The summed E-state index contributed by atoms with van der Waals surface area (Å²) in [5.74, 6) is -0.743. The smallest absolute Gasteiger partial charge is 0.325 e. The highest BCUT2D eigenvalue weighted by atomic mass is 35.5. The third kappa shape index (κ3) is 4.81. The lowest BCUT2D eigenvalue weighted by Crippen LogP contribution is -2.35. The van der Waals surface area contributed by atoms with Gasteiger partial charge in [0.25, 0.3) is 5.91 Å². The second-order valence-electron chi connectivity index (χ2n) is 5.27. The van der Waals surface area contributed by atoms with Crippen molar-refractivity contribution in [1.29, 1.82) is 0 Å². The molecule has 0 saturated carbocycles. The van der Waals surface area contributed by atoms with E-state index in [0.717, 1.165) is 11.1 Å². The predicted octanol–water partition coefficient (Wildman–Crippen LogP) is 2.61. The van der Waals surface area contributed by atoms with Gasteiger partial charge in [0, 0.05) is 23.7 Å². The Hall–Kier alpha value is -2.37. The molecule has 0 saturated heterocycles. The molecule has 1 amide bonds. The molecule has 0 radical (unpaired) electrons. The van der Waals surface area contributed by atoms with E-state index in [9.17, 15) is 9.59 Å². The number of nitrogens with zero attached hydrogens (tertiary/aromatic N) is 1. The third-order valence-corrected chi connectivity index (χ3v) is 3.77. The van der Waals surface area contributed by atoms with Crippen molar-refractivity contribution in [3.63, 3.8) is 0 Å². The first-order valence-corrected chi connectivity index (χ1v) is 7.81. The number of hydrogen-bond donors (Lipinski definition) is 1. The van der Waals surface area contributed by atoms with Gasteiger partial charge in [-0.05, 0) is 35.4 Å². The SMILES string of the molecule is COC(=O)CN(Cc1cccc(Cl)c1)C(=O)c1ccc(CN)cc1. The number of ether oxygens (including phenoxy) is 1. The number of halogens is 1. The van der Waals surface area contributed by atoms with Crippen molar-refractivity contribution in [3.05, 3.63) is 70.2 Å². The van der Waals surface area contributed by atoms with Gasteiger partial charge in [-0.1, -0.05) is 35.9 Å². The molecule has 0 aliphatic rings. The minimum absolute atomic E-state index is 0.138. The zero-order valence-corrected chi connectivity index (χ0v) is 14.1. The first-order chi connectivity index (χ1) is 11.5. The van der Waals surface area contributed by atoms with Crippen molar-refractivity contribution >= 4 is 23.5 Å². The molecule has 2 aromatic carbocycles. The van der Waals surface area contributed by atoms with Crippen LogP contribution in [0.25, 0.3) is 0 Å². The molecule has 5 nitrogen and oxygen atoms in total. The molecule has 0 bridgehead atoms. The molecular formula is C18H19ClN2O3. The first kappa shape index (κ1) is 18.0. The molecule has 2 aromatic rings. The van der Waals surface area contributed by atoms with Crippen molar-refractivity contribution in [3.8, 4) is 0 Å². The highest BCUT2D eigenvalue weighted by Crippen LogP contribution is 2.15. The van der Waals surface area contributed by atoms with Crippen molar-refractivity contribution in [2.24, 2.45) is 5.73 Å². The number of carbonyl (C=O) groups excluding carboxylic acids is 2. The zero-order chi connectivity index (χ0) is 17.5. The Morgan fingerprint density at radius 1 is 1.12 bits per heavy atom. The molecule has 0 aliphatic carbocycles. The fourth-order valence-electron chi connectivity index (χ4n) is 2.24. The highest BCUT2D eigenvalue weighted by Gasteiger charge is 2.19. The van der Waals surface area contributed by atoms with Crippen LogP contribution in [0.1, 0.15) is 21.5 Å². The van der Waals surface area contributed by atoms with Gasteiger partial charge in [0.1, 0.15) is 6.54 Å². The van der Waals surface area contributed by atoms with Crippen LogP contribution in [0.2, 0.25) is 5.02 Å². The van der Waals surface area contributed by atoms with Crippen LogP contribution in [0.3, 0.4) is 0 Å². The maximum atomic E-state index is 12.7. The maximum Gasteiger partial charge on any atom is 0.325 e. The molecule has 0 aliphatic heterocycles. The second kappa shape index (κ2) is 8.47. The Morgan fingerprint density at radius 2 is 1.83 bits per heavy atom. The lowest BCUT2D eigenvalue weighted by atomic mass is 10.1. The van der Waals surface area contributed by atoms with Gasteiger partial charge >= 0.3 is 5.97 Å². The molecule has 0 atom stereocenters. The number of esters is 1. The lowest BCUT2D eigenvalue weighted by molar-refractivity contribution is -0.141. The molecule has 0 aromatic heterocycles. The third-order valence-electron chi connectivity index (χ3n) is 3.53. The molecule has 6 heteroatoms. The predicted molar refractivity (Wildman–Crippen MR) is 92.5 cm³/mol. The second-order valence-corrected chi connectivity index (χ2v) is 5.70. The summed E-state index contributed by atoms with van der Waals surface area (Å²) in [7, 11) is 1.29. The maximum absolute atomic E-state index is 12.7. The molecule has 24 heavy (non-hydrogen) atoms. The van der Waals surface area contributed by atoms with E-state index in [-0.39, 0.29) is 19.0 Å². The normalized spacial score (nSPS) is 10.3. The zero-order valence-electron chi connectivity index (χ0n) is 13.4. The fraction of sp³-hybridized carbons (Fsp3) is 0.222. The minimum Gasteiger partial charge on any atom is -0.468 e. The number of benzene rings is 2. The van der Waals surface area contributed by atoms with Gasteiger partial charge in [-0.2, -0.15) is 0 Å². The molecule has 126 valence electrons. The van der Waals surface area contributed by atoms with Gasteiger partial charge in [-0.3, -0.25) is 9.59 Å². The number of nitrogens with two attached hydrogens (primary N) is 1. The average molecular weight is 347 g/mol. The van der Waals surface area contributed by atoms with Gasteiger partial charge in [0.2, 0.25) is 0 Å². The summed E-state index contributed by atoms with van der Waals surface area (Å²) in [6.07, 6.45) is 0. The van der Waals surface area contributed by atoms with Crippen LogP contribution in [-0.4, -0.2) is 30.4 Å². The van der Waals surface area contributed by atoms with Crippen molar-refractivity contribution < 1.29 is 14.3 Å². The monoisotopic (exact) mass is 346 g/mol. The van der Waals surface area contributed by atoms with E-state index in [4.69, 9.17) is 17.3 Å². The Labute approximate surface area is 146 Å².